The van der Waals surface area contributed by atoms with Crippen LogP contribution in [-0.4, -0.2) is 61.7 Å². The van der Waals surface area contributed by atoms with Crippen molar-refractivity contribution in [2.75, 3.05) is 12.9 Å². The molecular weight excluding hydrogens is 376 g/mol. The lowest BCUT2D eigenvalue weighted by atomic mass is 9.95. The SMILES string of the molecule is CS[C@@]1(C(=O)O)N2C(=O)[C@H](NC(=O)COc3ccccc3)[C@H]2SC1(C)C. The van der Waals surface area contributed by atoms with Crippen LogP contribution in [0.2, 0.25) is 0 Å². The van der Waals surface area contributed by atoms with Crippen LogP contribution in [0.15, 0.2) is 30.3 Å². The maximum absolute atomic E-state index is 12.6. The summed E-state index contributed by atoms with van der Waals surface area (Å²) in [5.74, 6) is -1.27. The van der Waals surface area contributed by atoms with Crippen LogP contribution < -0.4 is 10.1 Å². The van der Waals surface area contributed by atoms with Crippen molar-refractivity contribution < 1.29 is 24.2 Å². The van der Waals surface area contributed by atoms with Crippen molar-refractivity contribution in [2.45, 2.75) is 34.9 Å². The molecule has 3 rings (SSSR count). The molecule has 2 fully saturated rings. The van der Waals surface area contributed by atoms with Gasteiger partial charge in [0.25, 0.3) is 11.8 Å². The number of carbonyl (C=O) groups excluding carboxylic acids is 2. The Kier molecular flexibility index (Phi) is 4.87. The highest BCUT2D eigenvalue weighted by molar-refractivity contribution is 8.06. The molecule has 0 saturated carbocycles. The highest BCUT2D eigenvalue weighted by Gasteiger charge is 2.73. The highest BCUT2D eigenvalue weighted by Crippen LogP contribution is 2.60. The Balaban J connectivity index is 1.67. The first-order chi connectivity index (χ1) is 12.2. The molecule has 0 aliphatic carbocycles. The van der Waals surface area contributed by atoms with Gasteiger partial charge >= 0.3 is 5.97 Å². The van der Waals surface area contributed by atoms with Crippen LogP contribution in [0.1, 0.15) is 13.8 Å². The first-order valence-corrected chi connectivity index (χ1v) is 10.1. The molecule has 9 heteroatoms. The second kappa shape index (κ2) is 6.70. The Bertz CT molecular complexity index is 742. The van der Waals surface area contributed by atoms with Crippen LogP contribution >= 0.6 is 23.5 Å². The zero-order chi connectivity index (χ0) is 19.1. The summed E-state index contributed by atoms with van der Waals surface area (Å²) >= 11 is 2.53. The number of hydrogen-bond acceptors (Lipinski definition) is 6. The fourth-order valence-electron chi connectivity index (χ4n) is 3.40. The molecule has 2 aliphatic rings. The van der Waals surface area contributed by atoms with Gasteiger partial charge in [-0.2, -0.15) is 0 Å². The van der Waals surface area contributed by atoms with Crippen molar-refractivity contribution in [3.63, 3.8) is 0 Å². The number of nitrogens with one attached hydrogen (secondary N) is 1. The van der Waals surface area contributed by atoms with Crippen LogP contribution in [0, 0.1) is 0 Å². The van der Waals surface area contributed by atoms with Crippen molar-refractivity contribution in [3.8, 4) is 5.75 Å². The summed E-state index contributed by atoms with van der Waals surface area (Å²) in [6.07, 6.45) is 1.69. The van der Waals surface area contributed by atoms with Crippen molar-refractivity contribution in [1.29, 1.82) is 0 Å². The van der Waals surface area contributed by atoms with Gasteiger partial charge in [0.15, 0.2) is 6.61 Å². The van der Waals surface area contributed by atoms with E-state index in [4.69, 9.17) is 4.74 Å². The van der Waals surface area contributed by atoms with E-state index in [-0.39, 0.29) is 12.5 Å². The number of benzene rings is 1. The fourth-order valence-corrected chi connectivity index (χ4v) is 6.56. The number of β-lactam (4-membered cyclic amide) rings is 1. The minimum absolute atomic E-state index is 0.207. The van der Waals surface area contributed by atoms with Gasteiger partial charge in [-0.05, 0) is 32.2 Å². The first-order valence-electron chi connectivity index (χ1n) is 8.01. The van der Waals surface area contributed by atoms with E-state index < -0.39 is 32.9 Å². The number of ether oxygens (including phenoxy) is 1. The van der Waals surface area contributed by atoms with Crippen LogP contribution in [0.4, 0.5) is 0 Å². The molecule has 7 nitrogen and oxygen atoms in total. The molecule has 2 heterocycles. The third-order valence-electron chi connectivity index (χ3n) is 4.63. The smallest absolute Gasteiger partial charge is 0.341 e. The molecule has 0 radical (unpaired) electrons. The molecule has 0 unspecified atom stereocenters. The second-order valence-electron chi connectivity index (χ2n) is 6.53. The monoisotopic (exact) mass is 396 g/mol. The van der Waals surface area contributed by atoms with E-state index in [1.54, 1.807) is 30.5 Å². The van der Waals surface area contributed by atoms with Gasteiger partial charge in [0.2, 0.25) is 4.87 Å². The lowest BCUT2D eigenvalue weighted by Crippen LogP contribution is -2.74. The Morgan fingerprint density at radius 2 is 2.00 bits per heavy atom. The third-order valence-corrected chi connectivity index (χ3v) is 7.84. The summed E-state index contributed by atoms with van der Waals surface area (Å²) in [5, 5.41) is 12.0. The van der Waals surface area contributed by atoms with Crippen molar-refractivity contribution >= 4 is 41.3 Å². The quantitative estimate of drug-likeness (QED) is 0.702. The predicted octanol–water partition coefficient (Wildman–Crippen LogP) is 1.39. The van der Waals surface area contributed by atoms with Gasteiger partial charge in [-0.15, -0.1) is 23.5 Å². The molecule has 140 valence electrons. The largest absolute Gasteiger partial charge is 0.484 e. The molecule has 1 aromatic rings. The molecule has 26 heavy (non-hydrogen) atoms. The van der Waals surface area contributed by atoms with Crippen LogP contribution in [-0.2, 0) is 14.4 Å². The number of rotatable bonds is 6. The fraction of sp³-hybridized carbons (Fsp3) is 0.471. The topological polar surface area (TPSA) is 95.9 Å². The zero-order valence-corrected chi connectivity index (χ0v) is 16.2. The van der Waals surface area contributed by atoms with Crippen molar-refractivity contribution in [3.05, 3.63) is 30.3 Å². The maximum atomic E-state index is 12.6. The number of fused-ring (bicyclic) bond motifs is 1. The Morgan fingerprint density at radius 3 is 2.58 bits per heavy atom. The number of carboxylic acids is 1. The summed E-state index contributed by atoms with van der Waals surface area (Å²) in [7, 11) is 0. The molecule has 0 spiro atoms. The van der Waals surface area contributed by atoms with E-state index in [0.717, 1.165) is 11.8 Å². The number of thioether (sulfide) groups is 2. The Hall–Kier alpha value is -1.87. The lowest BCUT2D eigenvalue weighted by molar-refractivity contribution is -0.163. The molecule has 0 bridgehead atoms. The van der Waals surface area contributed by atoms with E-state index in [1.807, 2.05) is 19.9 Å². The van der Waals surface area contributed by atoms with Crippen molar-refractivity contribution in [2.24, 2.45) is 0 Å². The van der Waals surface area contributed by atoms with Gasteiger partial charge in [0, 0.05) is 0 Å². The summed E-state index contributed by atoms with van der Waals surface area (Å²) < 4.78 is 4.69. The molecule has 2 aliphatic heterocycles. The third kappa shape index (κ3) is 2.73. The standard InChI is InChI=1S/C17H20N2O5S2/c1-16(2)17(25-3,15(22)23)19-13(21)12(14(19)26-16)18-11(20)9-24-10-7-5-4-6-8-10/h4-8,12,14H,9H2,1-3H3,(H,18,20)(H,22,23)/t12-,14+,17+/m0/s1. The van der Waals surface area contributed by atoms with E-state index in [2.05, 4.69) is 5.32 Å². The molecule has 3 atom stereocenters. The van der Waals surface area contributed by atoms with E-state index in [9.17, 15) is 19.5 Å². The summed E-state index contributed by atoms with van der Waals surface area (Å²) in [6.45, 7) is 3.41. The minimum atomic E-state index is -1.35. The average Bonchev–Trinajstić information content (AvgIpc) is 2.83. The molecular formula is C17H20N2O5S2. The summed E-state index contributed by atoms with van der Waals surface area (Å²) in [4.78, 5) is 36.7. The average molecular weight is 396 g/mol. The molecule has 2 N–H and O–H groups in total. The van der Waals surface area contributed by atoms with Gasteiger partial charge in [0.05, 0.1) is 4.75 Å². The number of hydrogen-bond donors (Lipinski definition) is 2. The molecule has 1 aromatic carbocycles. The second-order valence-corrected chi connectivity index (χ2v) is 9.27. The van der Waals surface area contributed by atoms with E-state index in [0.29, 0.717) is 5.75 Å². The Labute approximate surface area is 159 Å². The van der Waals surface area contributed by atoms with Gasteiger partial charge in [0.1, 0.15) is 17.2 Å². The van der Waals surface area contributed by atoms with Gasteiger partial charge in [-0.25, -0.2) is 4.79 Å². The molecule has 2 saturated heterocycles. The van der Waals surface area contributed by atoms with Gasteiger partial charge < -0.3 is 20.1 Å². The normalized spacial score (nSPS) is 28.9. The van der Waals surface area contributed by atoms with Gasteiger partial charge in [-0.1, -0.05) is 18.2 Å². The molecule has 2 amide bonds. The number of carbonyl (C=O) groups is 3. The van der Waals surface area contributed by atoms with Gasteiger partial charge in [-0.3, -0.25) is 9.59 Å². The van der Waals surface area contributed by atoms with Crippen LogP contribution in [0.5, 0.6) is 5.75 Å². The van der Waals surface area contributed by atoms with E-state index in [1.165, 1.54) is 16.7 Å². The number of para-hydroxylation sites is 1. The zero-order valence-electron chi connectivity index (χ0n) is 14.6. The van der Waals surface area contributed by atoms with Crippen LogP contribution in [0.3, 0.4) is 0 Å². The Morgan fingerprint density at radius 1 is 1.35 bits per heavy atom. The maximum Gasteiger partial charge on any atom is 0.341 e. The van der Waals surface area contributed by atoms with E-state index >= 15 is 0 Å². The number of nitrogens with zero attached hydrogens (tertiary/aromatic N) is 1. The first kappa shape index (κ1) is 18.9. The number of aliphatic carboxylic acids is 1. The molecule has 0 aromatic heterocycles. The minimum Gasteiger partial charge on any atom is -0.484 e. The van der Waals surface area contributed by atoms with Crippen molar-refractivity contribution in [1.82, 2.24) is 10.2 Å². The number of carboxylic acid groups (broad SMARTS) is 1. The highest BCUT2D eigenvalue weighted by atomic mass is 32.2. The lowest BCUT2D eigenvalue weighted by Gasteiger charge is -2.48. The number of amides is 2. The summed E-state index contributed by atoms with van der Waals surface area (Å²) in [6, 6.07) is 8.17. The predicted molar refractivity (Wildman–Crippen MR) is 100 cm³/mol. The van der Waals surface area contributed by atoms with Crippen LogP contribution in [0.25, 0.3) is 0 Å². The summed E-state index contributed by atoms with van der Waals surface area (Å²) in [5.41, 5.74) is 0.